The van der Waals surface area contributed by atoms with E-state index in [0.29, 0.717) is 0 Å². The van der Waals surface area contributed by atoms with E-state index in [4.69, 9.17) is 17.7 Å². The molecule has 0 saturated heterocycles. The summed E-state index contributed by atoms with van der Waals surface area (Å²) in [7, 11) is 2.31. The highest BCUT2D eigenvalue weighted by Gasteiger charge is 2.29. The van der Waals surface area contributed by atoms with Gasteiger partial charge in [-0.3, -0.25) is 0 Å². The molecule has 15 heavy (non-hydrogen) atoms. The third-order valence-electron chi connectivity index (χ3n) is 1.92. The van der Waals surface area contributed by atoms with Crippen molar-refractivity contribution in [2.75, 3.05) is 28.4 Å². The molecule has 0 saturated carbocycles. The molecule has 5 nitrogen and oxygen atoms in total. The van der Waals surface area contributed by atoms with Crippen LogP contribution < -0.4 is 0 Å². The minimum atomic E-state index is -2.17. The van der Waals surface area contributed by atoms with E-state index in [2.05, 4.69) is 0 Å². The Labute approximate surface area is 94.2 Å². The van der Waals surface area contributed by atoms with Gasteiger partial charge in [0, 0.05) is 35.0 Å². The van der Waals surface area contributed by atoms with E-state index in [1.807, 2.05) is 19.6 Å². The molecule has 0 N–H and O–H groups in total. The smallest absolute Gasteiger partial charge is 0.413 e. The molecule has 7 heteroatoms. The van der Waals surface area contributed by atoms with Crippen LogP contribution in [0.4, 0.5) is 0 Å². The van der Waals surface area contributed by atoms with E-state index in [-0.39, 0.29) is 0 Å². The van der Waals surface area contributed by atoms with E-state index < -0.39 is 17.1 Å². The minimum Gasteiger partial charge on any atom is -0.413 e. The number of hydrogen-bond acceptors (Lipinski definition) is 5. The van der Waals surface area contributed by atoms with Gasteiger partial charge in [0.15, 0.2) is 0 Å². The predicted molar refractivity (Wildman–Crippen MR) is 63.9 cm³/mol. The Bertz CT molecular complexity index is 162. The summed E-state index contributed by atoms with van der Waals surface area (Å²) in [5, 5.41) is 0. The van der Waals surface area contributed by atoms with E-state index >= 15 is 0 Å². The molecule has 0 amide bonds. The van der Waals surface area contributed by atoms with Gasteiger partial charge in [-0.15, -0.1) is 0 Å². The van der Waals surface area contributed by atoms with Gasteiger partial charge in [0.2, 0.25) is 0 Å². The molecule has 0 atom stereocenters. The summed E-state index contributed by atoms with van der Waals surface area (Å²) in [6.07, 6.45) is 0. The second-order valence-corrected chi connectivity index (χ2v) is 10.2. The maximum absolute atomic E-state index is 9.99. The van der Waals surface area contributed by atoms with Crippen molar-refractivity contribution in [3.63, 3.8) is 0 Å². The summed E-state index contributed by atoms with van der Waals surface area (Å²) in [5.41, 5.74) is 0. The molecule has 92 valence electrons. The monoisotopic (exact) mass is 254 g/mol. The molecule has 0 aliphatic heterocycles. The van der Waals surface area contributed by atoms with Crippen molar-refractivity contribution in [3.8, 4) is 0 Å². The Balaban J connectivity index is 0. The summed E-state index contributed by atoms with van der Waals surface area (Å²) < 4.78 is 19.6. The number of carbonyl (C=O) groups is 1. The zero-order valence-electron chi connectivity index (χ0n) is 10.6. The molecule has 0 rings (SSSR count). The molecular weight excluding hydrogens is 232 g/mol. The van der Waals surface area contributed by atoms with Gasteiger partial charge in [-0.25, -0.2) is 0 Å². The van der Waals surface area contributed by atoms with Crippen LogP contribution in [0.2, 0.25) is 19.6 Å². The van der Waals surface area contributed by atoms with Gasteiger partial charge in [0.1, 0.15) is 5.91 Å². The van der Waals surface area contributed by atoms with Crippen molar-refractivity contribution in [2.45, 2.75) is 19.6 Å². The van der Waals surface area contributed by atoms with Crippen LogP contribution in [0, 0.1) is 0 Å². The van der Waals surface area contributed by atoms with Gasteiger partial charge < -0.3 is 22.5 Å². The van der Waals surface area contributed by atoms with Crippen molar-refractivity contribution >= 4 is 23.0 Å². The van der Waals surface area contributed by atoms with E-state index in [1.165, 1.54) is 0 Å². The lowest BCUT2D eigenvalue weighted by molar-refractivity contribution is 0.132. The zero-order valence-corrected chi connectivity index (χ0v) is 12.6. The lowest BCUT2D eigenvalue weighted by Gasteiger charge is -2.18. The Hall–Kier alpha value is -0.0562. The fraction of sp³-hybridized carbons (Fsp3) is 0.875. The normalized spacial score (nSPS) is 11.7. The Morgan fingerprint density at radius 2 is 1.13 bits per heavy atom. The van der Waals surface area contributed by atoms with Gasteiger partial charge in [-0.1, -0.05) is 0 Å². The van der Waals surface area contributed by atoms with Gasteiger partial charge in [0.05, 0.1) is 0 Å². The second kappa shape index (κ2) is 8.14. The summed E-state index contributed by atoms with van der Waals surface area (Å²) in [6.45, 7) is 5.52. The molecule has 0 aliphatic rings. The summed E-state index contributed by atoms with van der Waals surface area (Å²) in [4.78, 5) is 9.99. The lowest BCUT2D eigenvalue weighted by Crippen LogP contribution is -2.38. The molecule has 0 unspecified atom stereocenters. The van der Waals surface area contributed by atoms with Gasteiger partial charge in [-0.05, 0) is 13.1 Å². The number of hydrogen-bond donors (Lipinski definition) is 0. The molecule has 0 spiro atoms. The maximum atomic E-state index is 9.99. The second-order valence-electron chi connectivity index (χ2n) is 3.40. The zero-order chi connectivity index (χ0) is 12.5. The highest BCUT2D eigenvalue weighted by atomic mass is 28.4. The maximum Gasteiger partial charge on any atom is 0.496 e. The van der Waals surface area contributed by atoms with Crippen LogP contribution in [0.1, 0.15) is 0 Å². The first-order chi connectivity index (χ1) is 6.80. The van der Waals surface area contributed by atoms with Crippen molar-refractivity contribution in [2.24, 2.45) is 0 Å². The van der Waals surface area contributed by atoms with Gasteiger partial charge >= 0.3 is 8.80 Å². The first kappa shape index (κ1) is 17.3. The van der Waals surface area contributed by atoms with Crippen molar-refractivity contribution in [3.05, 3.63) is 0 Å². The van der Waals surface area contributed by atoms with Crippen LogP contribution in [0.25, 0.3) is 0 Å². The predicted octanol–water partition coefficient (Wildman–Crippen LogP) is 1.10. The highest BCUT2D eigenvalue weighted by Crippen LogP contribution is 2.02. The highest BCUT2D eigenvalue weighted by molar-refractivity contribution is 6.94. The SMILES string of the molecule is CO[Si](C)(C)C=O.CO[Si](C)(OC)OC. The summed E-state index contributed by atoms with van der Waals surface area (Å²) in [5.74, 6) is 0.910. The minimum absolute atomic E-state index is 0.910. The lowest BCUT2D eigenvalue weighted by atomic mass is 11.7. The van der Waals surface area contributed by atoms with Crippen molar-refractivity contribution < 1.29 is 22.5 Å². The fourth-order valence-electron chi connectivity index (χ4n) is 0.298. The van der Waals surface area contributed by atoms with Gasteiger partial charge in [-0.2, -0.15) is 0 Å². The van der Waals surface area contributed by atoms with Crippen LogP contribution in [0.15, 0.2) is 0 Å². The first-order valence-corrected chi connectivity index (χ1v) is 9.68. The number of rotatable bonds is 5. The van der Waals surface area contributed by atoms with Crippen molar-refractivity contribution in [1.82, 2.24) is 0 Å². The number of carbonyl (C=O) groups excluding carboxylic acids is 1. The Kier molecular flexibility index (Phi) is 9.41. The van der Waals surface area contributed by atoms with Crippen LogP contribution >= 0.6 is 0 Å². The van der Waals surface area contributed by atoms with E-state index in [0.717, 1.165) is 5.91 Å². The van der Waals surface area contributed by atoms with Crippen LogP contribution in [0.5, 0.6) is 0 Å². The van der Waals surface area contributed by atoms with Crippen LogP contribution in [0.3, 0.4) is 0 Å². The third-order valence-corrected chi connectivity index (χ3v) is 5.77. The Morgan fingerprint density at radius 3 is 1.13 bits per heavy atom. The molecule has 0 aromatic heterocycles. The Morgan fingerprint density at radius 1 is 0.800 bits per heavy atom. The largest absolute Gasteiger partial charge is 0.496 e. The average Bonchev–Trinajstić information content (AvgIpc) is 2.29. The molecule has 0 heterocycles. The molecular formula is C8H22O5Si2. The molecule has 0 aromatic carbocycles. The topological polar surface area (TPSA) is 54.0 Å². The van der Waals surface area contributed by atoms with Gasteiger partial charge in [0.25, 0.3) is 8.32 Å². The molecule has 0 fully saturated rings. The van der Waals surface area contributed by atoms with Crippen LogP contribution in [-0.4, -0.2) is 51.5 Å². The van der Waals surface area contributed by atoms with Crippen LogP contribution in [-0.2, 0) is 22.5 Å². The summed E-state index contributed by atoms with van der Waals surface area (Å²) in [6, 6.07) is 0. The first-order valence-electron chi connectivity index (χ1n) is 4.47. The quantitative estimate of drug-likeness (QED) is 0.543. The fourth-order valence-corrected chi connectivity index (χ4v) is 0.894. The van der Waals surface area contributed by atoms with E-state index in [9.17, 15) is 4.79 Å². The molecule has 0 radical (unpaired) electrons. The van der Waals surface area contributed by atoms with E-state index in [1.54, 1.807) is 28.4 Å². The van der Waals surface area contributed by atoms with Crippen molar-refractivity contribution in [1.29, 1.82) is 0 Å². The third kappa shape index (κ3) is 8.91. The molecule has 0 bridgehead atoms. The average molecular weight is 254 g/mol. The summed E-state index contributed by atoms with van der Waals surface area (Å²) >= 11 is 0. The molecule has 0 aliphatic carbocycles. The standard InChI is InChI=1S/C4H12O3Si.C4H10O2Si/c1-5-8(4,6-2)7-3;1-6-7(2,3)4-5/h1-4H3;4H,1-3H3. The molecule has 0 aromatic rings.